The standard InChI is InChI=1S/C10H18N2O2/c13-7-9-2-1-5-12(9)10(14)8-3-4-11-6-8/h8-9,11,13H,1-7H2/t8-,9+/m0/s1. The number of carbonyl (C=O) groups excluding carboxylic acids is 1. The lowest BCUT2D eigenvalue weighted by Gasteiger charge is -2.25. The van der Waals surface area contributed by atoms with Crippen molar-refractivity contribution in [3.05, 3.63) is 0 Å². The number of aliphatic hydroxyl groups is 1. The smallest absolute Gasteiger partial charge is 0.227 e. The summed E-state index contributed by atoms with van der Waals surface area (Å²) in [7, 11) is 0. The third-order valence-corrected chi connectivity index (χ3v) is 3.28. The zero-order chi connectivity index (χ0) is 9.97. The molecule has 2 atom stereocenters. The summed E-state index contributed by atoms with van der Waals surface area (Å²) in [5, 5.41) is 12.3. The summed E-state index contributed by atoms with van der Waals surface area (Å²) in [6.45, 7) is 2.72. The molecule has 0 saturated carbocycles. The van der Waals surface area contributed by atoms with E-state index in [4.69, 9.17) is 5.11 Å². The molecule has 2 N–H and O–H groups in total. The molecule has 2 aliphatic rings. The van der Waals surface area contributed by atoms with Crippen LogP contribution in [0.2, 0.25) is 0 Å². The predicted molar refractivity (Wildman–Crippen MR) is 52.8 cm³/mol. The van der Waals surface area contributed by atoms with Crippen LogP contribution in [0, 0.1) is 5.92 Å². The van der Waals surface area contributed by atoms with E-state index in [9.17, 15) is 4.79 Å². The first kappa shape index (κ1) is 9.93. The molecule has 2 heterocycles. The van der Waals surface area contributed by atoms with Crippen LogP contribution >= 0.6 is 0 Å². The van der Waals surface area contributed by atoms with Gasteiger partial charge in [0.15, 0.2) is 0 Å². The number of rotatable bonds is 2. The molecule has 2 fully saturated rings. The Morgan fingerprint density at radius 2 is 2.36 bits per heavy atom. The number of nitrogens with zero attached hydrogens (tertiary/aromatic N) is 1. The topological polar surface area (TPSA) is 52.6 Å². The maximum Gasteiger partial charge on any atom is 0.227 e. The Labute approximate surface area is 84.3 Å². The van der Waals surface area contributed by atoms with Gasteiger partial charge in [-0.2, -0.15) is 0 Å². The molecule has 2 aliphatic heterocycles. The van der Waals surface area contributed by atoms with Crippen molar-refractivity contribution in [1.29, 1.82) is 0 Å². The van der Waals surface area contributed by atoms with E-state index in [1.165, 1.54) is 0 Å². The Balaban J connectivity index is 1.95. The van der Waals surface area contributed by atoms with E-state index >= 15 is 0 Å². The molecule has 0 aliphatic carbocycles. The Bertz CT molecular complexity index is 214. The van der Waals surface area contributed by atoms with E-state index in [1.807, 2.05) is 4.90 Å². The summed E-state index contributed by atoms with van der Waals surface area (Å²) in [6.07, 6.45) is 2.95. The number of aliphatic hydroxyl groups excluding tert-OH is 1. The van der Waals surface area contributed by atoms with Crippen molar-refractivity contribution in [3.63, 3.8) is 0 Å². The fourth-order valence-electron chi connectivity index (χ4n) is 2.42. The molecule has 4 heteroatoms. The predicted octanol–water partition coefficient (Wildman–Crippen LogP) is -0.421. The van der Waals surface area contributed by atoms with E-state index in [1.54, 1.807) is 0 Å². The molecular weight excluding hydrogens is 180 g/mol. The SMILES string of the molecule is O=C([C@H]1CCNC1)N1CCC[C@@H]1CO. The van der Waals surface area contributed by atoms with Crippen LogP contribution in [0.5, 0.6) is 0 Å². The third kappa shape index (κ3) is 1.77. The second kappa shape index (κ2) is 4.28. The number of carbonyl (C=O) groups is 1. The molecule has 2 rings (SSSR count). The first-order chi connectivity index (χ1) is 6.83. The van der Waals surface area contributed by atoms with Gasteiger partial charge in [0.05, 0.1) is 18.6 Å². The average Bonchev–Trinajstić information content (AvgIpc) is 2.87. The highest BCUT2D eigenvalue weighted by Gasteiger charge is 2.33. The highest BCUT2D eigenvalue weighted by atomic mass is 16.3. The van der Waals surface area contributed by atoms with Crippen molar-refractivity contribution in [2.24, 2.45) is 5.92 Å². The van der Waals surface area contributed by atoms with Gasteiger partial charge in [-0.25, -0.2) is 0 Å². The minimum atomic E-state index is 0.0862. The van der Waals surface area contributed by atoms with Gasteiger partial charge in [0.1, 0.15) is 0 Å². The highest BCUT2D eigenvalue weighted by Crippen LogP contribution is 2.21. The zero-order valence-electron chi connectivity index (χ0n) is 8.41. The van der Waals surface area contributed by atoms with Gasteiger partial charge in [-0.1, -0.05) is 0 Å². The molecule has 80 valence electrons. The molecular formula is C10H18N2O2. The van der Waals surface area contributed by atoms with Crippen molar-refractivity contribution in [1.82, 2.24) is 10.2 Å². The van der Waals surface area contributed by atoms with Crippen molar-refractivity contribution in [2.45, 2.75) is 25.3 Å². The molecule has 0 bridgehead atoms. The number of likely N-dealkylation sites (tertiary alicyclic amines) is 1. The first-order valence-corrected chi connectivity index (χ1v) is 5.45. The molecule has 0 aromatic carbocycles. The number of nitrogens with one attached hydrogen (secondary N) is 1. The minimum absolute atomic E-state index is 0.0862. The average molecular weight is 198 g/mol. The quantitative estimate of drug-likeness (QED) is 0.633. The summed E-state index contributed by atoms with van der Waals surface area (Å²) < 4.78 is 0. The van der Waals surface area contributed by atoms with Crippen molar-refractivity contribution >= 4 is 5.91 Å². The fourth-order valence-corrected chi connectivity index (χ4v) is 2.42. The van der Waals surface area contributed by atoms with E-state index in [0.29, 0.717) is 0 Å². The number of hydrogen-bond donors (Lipinski definition) is 2. The van der Waals surface area contributed by atoms with Crippen LogP contribution in [0.15, 0.2) is 0 Å². The summed E-state index contributed by atoms with van der Waals surface area (Å²) in [4.78, 5) is 13.9. The van der Waals surface area contributed by atoms with Gasteiger partial charge in [-0.3, -0.25) is 4.79 Å². The summed E-state index contributed by atoms with van der Waals surface area (Å²) in [6, 6.07) is 0.0862. The Hall–Kier alpha value is -0.610. The maximum absolute atomic E-state index is 12.0. The molecule has 0 spiro atoms. The van der Waals surface area contributed by atoms with Crippen LogP contribution in [0.4, 0.5) is 0 Å². The van der Waals surface area contributed by atoms with Gasteiger partial charge >= 0.3 is 0 Å². The maximum atomic E-state index is 12.0. The molecule has 0 radical (unpaired) electrons. The lowest BCUT2D eigenvalue weighted by molar-refractivity contribution is -0.136. The lowest BCUT2D eigenvalue weighted by Crippen LogP contribution is -2.41. The normalized spacial score (nSPS) is 32.5. The van der Waals surface area contributed by atoms with Crippen molar-refractivity contribution in [3.8, 4) is 0 Å². The fraction of sp³-hybridized carbons (Fsp3) is 0.900. The second-order valence-electron chi connectivity index (χ2n) is 4.20. The Morgan fingerprint density at radius 3 is 3.00 bits per heavy atom. The molecule has 0 aromatic rings. The molecule has 1 amide bonds. The van der Waals surface area contributed by atoms with Gasteiger partial charge in [-0.05, 0) is 25.8 Å². The van der Waals surface area contributed by atoms with Gasteiger partial charge in [0.25, 0.3) is 0 Å². The highest BCUT2D eigenvalue weighted by molar-refractivity contribution is 5.80. The van der Waals surface area contributed by atoms with E-state index in [2.05, 4.69) is 5.32 Å². The van der Waals surface area contributed by atoms with Crippen LogP contribution in [0.1, 0.15) is 19.3 Å². The van der Waals surface area contributed by atoms with E-state index in [-0.39, 0.29) is 24.5 Å². The summed E-state index contributed by atoms with van der Waals surface area (Å²) in [5.74, 6) is 0.397. The summed E-state index contributed by atoms with van der Waals surface area (Å²) in [5.41, 5.74) is 0. The second-order valence-corrected chi connectivity index (χ2v) is 4.20. The van der Waals surface area contributed by atoms with Gasteiger partial charge < -0.3 is 15.3 Å². The van der Waals surface area contributed by atoms with Crippen LogP contribution in [0.25, 0.3) is 0 Å². The monoisotopic (exact) mass is 198 g/mol. The van der Waals surface area contributed by atoms with Gasteiger partial charge in [0, 0.05) is 13.1 Å². The minimum Gasteiger partial charge on any atom is -0.394 e. The summed E-state index contributed by atoms with van der Waals surface area (Å²) >= 11 is 0. The Kier molecular flexibility index (Phi) is 3.03. The third-order valence-electron chi connectivity index (χ3n) is 3.28. The first-order valence-electron chi connectivity index (χ1n) is 5.45. The van der Waals surface area contributed by atoms with Gasteiger partial charge in [0.2, 0.25) is 5.91 Å². The largest absolute Gasteiger partial charge is 0.394 e. The lowest BCUT2D eigenvalue weighted by atomic mass is 10.1. The van der Waals surface area contributed by atoms with Crippen LogP contribution in [-0.2, 0) is 4.79 Å². The van der Waals surface area contributed by atoms with E-state index in [0.717, 1.165) is 38.9 Å². The van der Waals surface area contributed by atoms with E-state index < -0.39 is 0 Å². The number of hydrogen-bond acceptors (Lipinski definition) is 3. The number of amides is 1. The van der Waals surface area contributed by atoms with Crippen LogP contribution in [0.3, 0.4) is 0 Å². The molecule has 4 nitrogen and oxygen atoms in total. The molecule has 0 unspecified atom stereocenters. The Morgan fingerprint density at radius 1 is 1.50 bits per heavy atom. The van der Waals surface area contributed by atoms with Crippen molar-refractivity contribution in [2.75, 3.05) is 26.2 Å². The molecule has 2 saturated heterocycles. The van der Waals surface area contributed by atoms with Crippen molar-refractivity contribution < 1.29 is 9.90 Å². The molecule has 0 aromatic heterocycles. The molecule has 14 heavy (non-hydrogen) atoms. The van der Waals surface area contributed by atoms with Gasteiger partial charge in [-0.15, -0.1) is 0 Å². The van der Waals surface area contributed by atoms with Crippen LogP contribution in [-0.4, -0.2) is 48.2 Å². The van der Waals surface area contributed by atoms with Crippen LogP contribution < -0.4 is 5.32 Å². The zero-order valence-corrected chi connectivity index (χ0v) is 8.41.